The van der Waals surface area contributed by atoms with E-state index < -0.39 is 99.3 Å². The maximum absolute atomic E-state index is 13.1. The quantitative estimate of drug-likeness (QED) is 0.0171. The molecule has 11 atom stereocenters. The first-order valence-corrected chi connectivity index (χ1v) is 30.2. The van der Waals surface area contributed by atoms with Crippen LogP contribution in [0.25, 0.3) is 0 Å². The van der Waals surface area contributed by atoms with E-state index >= 15 is 0 Å². The highest BCUT2D eigenvalue weighted by atomic mass is 16.7. The van der Waals surface area contributed by atoms with Gasteiger partial charge in [0.15, 0.2) is 18.7 Å². The second-order valence-corrected chi connectivity index (χ2v) is 20.8. The summed E-state index contributed by atoms with van der Waals surface area (Å²) in [6.45, 7) is 2.46. The molecule has 0 spiro atoms. The van der Waals surface area contributed by atoms with Crippen molar-refractivity contribution < 1.29 is 73.8 Å². The molecule has 0 radical (unpaired) electrons. The van der Waals surface area contributed by atoms with Crippen LogP contribution in [0.4, 0.5) is 0 Å². The van der Waals surface area contributed by atoms with Crippen LogP contribution in [0.3, 0.4) is 0 Å². The van der Waals surface area contributed by atoms with Crippen molar-refractivity contribution in [3.8, 4) is 0 Å². The standard InChI is InChI=1S/C63H106O15/c1-3-5-7-9-11-13-15-17-19-21-23-24-25-26-28-30-32-34-36-38-40-42-44-46-55(66)76-51(48-73-54(65)45-43-41-39-37-35-33-31-29-27-22-20-18-16-14-12-10-8-6-4-2)49-74-62-61(72)59(70)57(68)53(78-62)50-75-63-60(71)58(69)56(67)52(47-64)77-63/h12,14,18,20,27,29-30,32-33,35,38-41,51-53,56-64,67-72H,3-11,13,15-17,19,21-26,28,31,34,36-37,42-50H2,1-2H3/b14-12+,20-18+,29-27+,32-30+,35-33+,40-38+,41-39+/t51-,52+,53+,56-,57-,58?,59?,60?,61?,62+,63+/m1/s1. The van der Waals surface area contributed by atoms with Gasteiger partial charge in [0.25, 0.3) is 0 Å². The Morgan fingerprint density at radius 3 is 1.33 bits per heavy atom. The Hall–Kier alpha value is -3.32. The highest BCUT2D eigenvalue weighted by molar-refractivity contribution is 5.70. The summed E-state index contributed by atoms with van der Waals surface area (Å²) in [7, 11) is 0. The number of aliphatic hydroxyl groups is 7. The van der Waals surface area contributed by atoms with Gasteiger partial charge in [-0.25, -0.2) is 0 Å². The van der Waals surface area contributed by atoms with Gasteiger partial charge in [-0.05, 0) is 83.5 Å². The predicted octanol–water partition coefficient (Wildman–Crippen LogP) is 10.7. The zero-order chi connectivity index (χ0) is 56.7. The number of unbranched alkanes of at least 4 members (excludes halogenated alkanes) is 19. The second-order valence-electron chi connectivity index (χ2n) is 20.8. The summed E-state index contributed by atoms with van der Waals surface area (Å²) in [5.74, 6) is -1.07. The molecule has 7 N–H and O–H groups in total. The third-order valence-corrected chi connectivity index (χ3v) is 13.8. The highest BCUT2D eigenvalue weighted by Crippen LogP contribution is 2.26. The van der Waals surface area contributed by atoms with Crippen LogP contribution in [-0.2, 0) is 38.0 Å². The molecular formula is C63H106O15. The van der Waals surface area contributed by atoms with E-state index in [0.717, 1.165) is 51.4 Å². The van der Waals surface area contributed by atoms with Crippen molar-refractivity contribution in [3.63, 3.8) is 0 Å². The van der Waals surface area contributed by atoms with Gasteiger partial charge < -0.3 is 64.2 Å². The minimum absolute atomic E-state index is 0.0823. The van der Waals surface area contributed by atoms with Gasteiger partial charge >= 0.3 is 11.9 Å². The number of aliphatic hydroxyl groups excluding tert-OH is 7. The van der Waals surface area contributed by atoms with Crippen LogP contribution in [0.5, 0.6) is 0 Å². The van der Waals surface area contributed by atoms with Crippen molar-refractivity contribution >= 4 is 11.9 Å². The molecule has 4 unspecified atom stereocenters. The normalized spacial score (nSPS) is 24.6. The second kappa shape index (κ2) is 48.4. The van der Waals surface area contributed by atoms with Gasteiger partial charge in [-0.1, -0.05) is 195 Å². The van der Waals surface area contributed by atoms with E-state index in [-0.39, 0.29) is 19.4 Å². The zero-order valence-corrected chi connectivity index (χ0v) is 47.9. The summed E-state index contributed by atoms with van der Waals surface area (Å²) >= 11 is 0. The Morgan fingerprint density at radius 1 is 0.410 bits per heavy atom. The Bertz CT molecular complexity index is 1670. The first kappa shape index (κ1) is 70.8. The summed E-state index contributed by atoms with van der Waals surface area (Å²) in [5, 5.41) is 72.3. The monoisotopic (exact) mass is 1100 g/mol. The SMILES string of the molecule is CCCCC/C=C/C/C=C/C/C=C/C/C=C/C/C=C/CCC(=O)OC[C@H](CO[C@H]1O[C@@H](CO[C@H]2O[C@@H](CO)[C@@H](O)C(O)C2O)[C@@H](O)C(O)C1O)OC(=O)CCC/C=C/CC/C=C/CCCCCCCCCCCCCCCC. The number of hydrogen-bond acceptors (Lipinski definition) is 15. The van der Waals surface area contributed by atoms with Crippen molar-refractivity contribution in [2.24, 2.45) is 0 Å². The zero-order valence-electron chi connectivity index (χ0n) is 47.9. The molecule has 0 bridgehead atoms. The Morgan fingerprint density at radius 2 is 0.808 bits per heavy atom. The van der Waals surface area contributed by atoms with Crippen LogP contribution < -0.4 is 0 Å². The van der Waals surface area contributed by atoms with E-state index in [0.29, 0.717) is 19.3 Å². The third kappa shape index (κ3) is 34.7. The molecule has 2 aliphatic heterocycles. The largest absolute Gasteiger partial charge is 0.462 e. The lowest BCUT2D eigenvalue weighted by Gasteiger charge is -2.42. The van der Waals surface area contributed by atoms with Crippen LogP contribution in [-0.4, -0.2) is 142 Å². The Labute approximate surface area is 469 Å². The summed E-state index contributed by atoms with van der Waals surface area (Å²) in [6.07, 6.45) is 44.9. The van der Waals surface area contributed by atoms with Gasteiger partial charge in [-0.3, -0.25) is 9.59 Å². The maximum Gasteiger partial charge on any atom is 0.306 e. The number of hydrogen-bond donors (Lipinski definition) is 7. The van der Waals surface area contributed by atoms with Crippen LogP contribution in [0, 0.1) is 0 Å². The molecule has 0 aromatic heterocycles. The van der Waals surface area contributed by atoms with E-state index in [4.69, 9.17) is 28.4 Å². The molecule has 0 aromatic carbocycles. The van der Waals surface area contributed by atoms with Gasteiger partial charge in [-0.15, -0.1) is 0 Å². The first-order valence-electron chi connectivity index (χ1n) is 30.2. The number of esters is 2. The topological polar surface area (TPSA) is 231 Å². The molecule has 0 saturated carbocycles. The van der Waals surface area contributed by atoms with Crippen molar-refractivity contribution in [2.45, 2.75) is 274 Å². The van der Waals surface area contributed by atoms with E-state index in [2.05, 4.69) is 86.8 Å². The average molecular weight is 1100 g/mol. The third-order valence-electron chi connectivity index (χ3n) is 13.8. The number of ether oxygens (including phenoxy) is 6. The van der Waals surface area contributed by atoms with Crippen LogP contribution >= 0.6 is 0 Å². The number of carbonyl (C=O) groups excluding carboxylic acids is 2. The fraction of sp³-hybridized carbons (Fsp3) is 0.746. The van der Waals surface area contributed by atoms with E-state index in [1.165, 1.54) is 109 Å². The van der Waals surface area contributed by atoms with Gasteiger partial charge in [0.05, 0.1) is 19.8 Å². The lowest BCUT2D eigenvalue weighted by Crippen LogP contribution is -2.61. The molecule has 448 valence electrons. The molecule has 15 nitrogen and oxygen atoms in total. The van der Waals surface area contributed by atoms with Crippen molar-refractivity contribution in [2.75, 3.05) is 26.4 Å². The van der Waals surface area contributed by atoms with E-state index in [1.54, 1.807) is 0 Å². The molecule has 2 saturated heterocycles. The van der Waals surface area contributed by atoms with E-state index in [1.807, 2.05) is 12.2 Å². The fourth-order valence-corrected chi connectivity index (χ4v) is 8.93. The van der Waals surface area contributed by atoms with Gasteiger partial charge in [0.2, 0.25) is 0 Å². The average Bonchev–Trinajstić information content (AvgIpc) is 3.43. The Balaban J connectivity index is 1.79. The summed E-state index contributed by atoms with van der Waals surface area (Å²) in [6, 6.07) is 0. The van der Waals surface area contributed by atoms with Crippen molar-refractivity contribution in [1.29, 1.82) is 0 Å². The molecule has 15 heteroatoms. The lowest BCUT2D eigenvalue weighted by molar-refractivity contribution is -0.332. The molecule has 2 rings (SSSR count). The molecule has 0 aliphatic carbocycles. The first-order chi connectivity index (χ1) is 38.0. The van der Waals surface area contributed by atoms with Gasteiger partial charge in [-0.2, -0.15) is 0 Å². The van der Waals surface area contributed by atoms with E-state index in [9.17, 15) is 45.3 Å². The molecule has 2 aliphatic rings. The van der Waals surface area contributed by atoms with Crippen LogP contribution in [0.15, 0.2) is 85.1 Å². The van der Waals surface area contributed by atoms with Crippen molar-refractivity contribution in [3.05, 3.63) is 85.1 Å². The summed E-state index contributed by atoms with van der Waals surface area (Å²) < 4.78 is 33.6. The molecule has 2 heterocycles. The smallest absolute Gasteiger partial charge is 0.306 e. The molecule has 78 heavy (non-hydrogen) atoms. The molecular weight excluding hydrogens is 997 g/mol. The molecule has 2 fully saturated rings. The number of rotatable bonds is 47. The number of carbonyl (C=O) groups is 2. The van der Waals surface area contributed by atoms with Gasteiger partial charge in [0.1, 0.15) is 55.4 Å². The minimum Gasteiger partial charge on any atom is -0.462 e. The van der Waals surface area contributed by atoms with Crippen LogP contribution in [0.2, 0.25) is 0 Å². The van der Waals surface area contributed by atoms with Gasteiger partial charge in [0, 0.05) is 12.8 Å². The maximum atomic E-state index is 13.1. The summed E-state index contributed by atoms with van der Waals surface area (Å²) in [5.41, 5.74) is 0. The minimum atomic E-state index is -1.79. The Kier molecular flexibility index (Phi) is 43.9. The summed E-state index contributed by atoms with van der Waals surface area (Å²) in [4.78, 5) is 25.9. The molecule has 0 amide bonds. The van der Waals surface area contributed by atoms with Crippen LogP contribution in [0.1, 0.15) is 206 Å². The fourth-order valence-electron chi connectivity index (χ4n) is 8.93. The highest BCUT2D eigenvalue weighted by Gasteiger charge is 2.47. The molecule has 0 aromatic rings. The lowest BCUT2D eigenvalue weighted by atomic mass is 9.98. The van der Waals surface area contributed by atoms with Crippen molar-refractivity contribution in [1.82, 2.24) is 0 Å². The predicted molar refractivity (Wildman–Crippen MR) is 307 cm³/mol. The number of allylic oxidation sites excluding steroid dienone is 14.